The third kappa shape index (κ3) is 5.50. The van der Waals surface area contributed by atoms with Crippen LogP contribution in [0.5, 0.6) is 11.5 Å². The fourth-order valence-electron chi connectivity index (χ4n) is 3.65. The molecule has 1 amide bonds. The van der Waals surface area contributed by atoms with Crippen LogP contribution < -0.4 is 19.7 Å². The van der Waals surface area contributed by atoms with Gasteiger partial charge in [0.2, 0.25) is 5.91 Å². The van der Waals surface area contributed by atoms with Gasteiger partial charge in [0.15, 0.2) is 0 Å². The molecule has 29 heavy (non-hydrogen) atoms. The van der Waals surface area contributed by atoms with Crippen molar-refractivity contribution >= 4 is 17.9 Å². The van der Waals surface area contributed by atoms with Crippen molar-refractivity contribution in [3.63, 3.8) is 0 Å². The summed E-state index contributed by atoms with van der Waals surface area (Å²) in [6.07, 6.45) is 3.23. The molecular formula is C23H28N2O4. The van der Waals surface area contributed by atoms with E-state index < -0.39 is 0 Å². The van der Waals surface area contributed by atoms with Gasteiger partial charge < -0.3 is 19.7 Å². The zero-order valence-electron chi connectivity index (χ0n) is 17.0. The molecule has 0 bridgehead atoms. The molecular weight excluding hydrogens is 368 g/mol. The quantitative estimate of drug-likeness (QED) is 0.695. The number of ether oxygens (including phenoxy) is 2. The maximum Gasteiger partial charge on any atom is 0.223 e. The number of aldehydes is 1. The van der Waals surface area contributed by atoms with Crippen molar-refractivity contribution in [2.24, 2.45) is 5.92 Å². The number of nitrogens with one attached hydrogen (secondary N) is 1. The van der Waals surface area contributed by atoms with Crippen molar-refractivity contribution in [2.45, 2.75) is 19.3 Å². The Kier molecular flexibility index (Phi) is 7.11. The first kappa shape index (κ1) is 20.7. The summed E-state index contributed by atoms with van der Waals surface area (Å²) in [5.41, 5.74) is 2.84. The Hall–Kier alpha value is -3.02. The van der Waals surface area contributed by atoms with E-state index in [9.17, 15) is 9.59 Å². The summed E-state index contributed by atoms with van der Waals surface area (Å²) in [6, 6.07) is 13.3. The molecule has 0 aliphatic carbocycles. The first-order valence-corrected chi connectivity index (χ1v) is 9.93. The highest BCUT2D eigenvalue weighted by atomic mass is 16.5. The van der Waals surface area contributed by atoms with Gasteiger partial charge in [0.1, 0.15) is 17.8 Å². The summed E-state index contributed by atoms with van der Waals surface area (Å²) in [7, 11) is 3.26. The maximum absolute atomic E-state index is 12.5. The van der Waals surface area contributed by atoms with Crippen LogP contribution in [0.4, 0.5) is 5.69 Å². The molecule has 0 unspecified atom stereocenters. The van der Waals surface area contributed by atoms with Gasteiger partial charge in [-0.2, -0.15) is 0 Å². The van der Waals surface area contributed by atoms with Crippen LogP contribution in [0.2, 0.25) is 0 Å². The van der Waals surface area contributed by atoms with E-state index in [0.717, 1.165) is 61.4 Å². The van der Waals surface area contributed by atoms with Crippen molar-refractivity contribution in [2.75, 3.05) is 38.8 Å². The topological polar surface area (TPSA) is 67.9 Å². The van der Waals surface area contributed by atoms with Crippen molar-refractivity contribution in [1.29, 1.82) is 0 Å². The Morgan fingerprint density at radius 2 is 1.69 bits per heavy atom. The molecule has 154 valence electrons. The molecule has 6 nitrogen and oxygen atoms in total. The van der Waals surface area contributed by atoms with Gasteiger partial charge in [0.05, 0.1) is 14.2 Å². The van der Waals surface area contributed by atoms with Crippen molar-refractivity contribution in [3.8, 4) is 11.5 Å². The van der Waals surface area contributed by atoms with E-state index in [4.69, 9.17) is 9.47 Å². The number of anilines is 1. The highest BCUT2D eigenvalue weighted by Crippen LogP contribution is 2.24. The lowest BCUT2D eigenvalue weighted by molar-refractivity contribution is -0.125. The Balaban J connectivity index is 1.45. The Labute approximate surface area is 171 Å². The molecule has 0 spiro atoms. The molecule has 0 atom stereocenters. The molecule has 0 aromatic heterocycles. The molecule has 6 heteroatoms. The van der Waals surface area contributed by atoms with E-state index in [0.29, 0.717) is 12.1 Å². The maximum atomic E-state index is 12.5. The zero-order chi connectivity index (χ0) is 20.6. The van der Waals surface area contributed by atoms with Crippen LogP contribution in [-0.2, 0) is 11.2 Å². The summed E-state index contributed by atoms with van der Waals surface area (Å²) in [6.45, 7) is 2.26. The minimum absolute atomic E-state index is 0.0420. The van der Waals surface area contributed by atoms with Crippen molar-refractivity contribution in [1.82, 2.24) is 5.32 Å². The number of nitrogens with zero attached hydrogens (tertiary/aromatic N) is 1. The van der Waals surface area contributed by atoms with Crippen LogP contribution in [-0.4, -0.2) is 46.0 Å². The third-order valence-corrected chi connectivity index (χ3v) is 5.38. The number of carbonyl (C=O) groups is 2. The molecule has 1 aliphatic rings. The molecule has 1 aliphatic heterocycles. The highest BCUT2D eigenvalue weighted by molar-refractivity contribution is 5.79. The average Bonchev–Trinajstić information content (AvgIpc) is 2.78. The summed E-state index contributed by atoms with van der Waals surface area (Å²) in [4.78, 5) is 25.6. The standard InChI is InChI=1S/C23H28N2O4/c1-28-21-13-18(14-22(15-21)29-2)7-10-24-23(27)19-8-11-25(12-9-19)20-5-3-17(16-26)4-6-20/h3-6,13-16,19H,7-12H2,1-2H3,(H,24,27). The van der Waals surface area contributed by atoms with E-state index in [-0.39, 0.29) is 11.8 Å². The average molecular weight is 396 g/mol. The van der Waals surface area contributed by atoms with E-state index in [1.54, 1.807) is 14.2 Å². The van der Waals surface area contributed by atoms with Crippen LogP contribution in [0.15, 0.2) is 42.5 Å². The molecule has 2 aromatic rings. The number of hydrogen-bond donors (Lipinski definition) is 1. The van der Waals surface area contributed by atoms with Gasteiger partial charge in [-0.1, -0.05) is 0 Å². The fourth-order valence-corrected chi connectivity index (χ4v) is 3.65. The zero-order valence-corrected chi connectivity index (χ0v) is 17.0. The van der Waals surface area contributed by atoms with Crippen LogP contribution in [0.1, 0.15) is 28.8 Å². The molecule has 1 heterocycles. The summed E-state index contributed by atoms with van der Waals surface area (Å²) < 4.78 is 10.6. The van der Waals surface area contributed by atoms with Crippen LogP contribution in [0.3, 0.4) is 0 Å². The van der Waals surface area contributed by atoms with Crippen LogP contribution in [0, 0.1) is 5.92 Å². The van der Waals surface area contributed by atoms with Crippen molar-refractivity contribution < 1.29 is 19.1 Å². The molecule has 1 N–H and O–H groups in total. The minimum Gasteiger partial charge on any atom is -0.497 e. The Morgan fingerprint density at radius 1 is 1.07 bits per heavy atom. The molecule has 1 fully saturated rings. The number of benzene rings is 2. The lowest BCUT2D eigenvalue weighted by Gasteiger charge is -2.33. The summed E-state index contributed by atoms with van der Waals surface area (Å²) in [5.74, 6) is 1.66. The second-order valence-corrected chi connectivity index (χ2v) is 7.23. The Morgan fingerprint density at radius 3 is 2.24 bits per heavy atom. The SMILES string of the molecule is COc1cc(CCNC(=O)C2CCN(c3ccc(C=O)cc3)CC2)cc(OC)c1. The highest BCUT2D eigenvalue weighted by Gasteiger charge is 2.24. The van der Waals surface area contributed by atoms with E-state index in [1.807, 2.05) is 42.5 Å². The third-order valence-electron chi connectivity index (χ3n) is 5.38. The second-order valence-electron chi connectivity index (χ2n) is 7.23. The lowest BCUT2D eigenvalue weighted by atomic mass is 9.95. The number of hydrogen-bond acceptors (Lipinski definition) is 5. The predicted molar refractivity (Wildman–Crippen MR) is 113 cm³/mol. The minimum atomic E-state index is 0.0420. The van der Waals surface area contributed by atoms with Gasteiger partial charge in [-0.25, -0.2) is 0 Å². The summed E-state index contributed by atoms with van der Waals surface area (Å²) in [5, 5.41) is 3.07. The predicted octanol–water partition coefficient (Wildman–Crippen LogP) is 3.09. The molecule has 0 saturated carbocycles. The van der Waals surface area contributed by atoms with E-state index >= 15 is 0 Å². The lowest BCUT2D eigenvalue weighted by Crippen LogP contribution is -2.41. The van der Waals surface area contributed by atoms with E-state index in [2.05, 4.69) is 10.2 Å². The number of rotatable bonds is 8. The van der Waals surface area contributed by atoms with Gasteiger partial charge in [-0.05, 0) is 61.2 Å². The van der Waals surface area contributed by atoms with Gasteiger partial charge in [0, 0.05) is 42.9 Å². The number of methoxy groups -OCH3 is 2. The monoisotopic (exact) mass is 396 g/mol. The molecule has 1 saturated heterocycles. The van der Waals surface area contributed by atoms with Gasteiger partial charge >= 0.3 is 0 Å². The number of piperidine rings is 1. The van der Waals surface area contributed by atoms with Gasteiger partial charge in [0.25, 0.3) is 0 Å². The number of carbonyl (C=O) groups excluding carboxylic acids is 2. The fraction of sp³-hybridized carbons (Fsp3) is 0.391. The largest absolute Gasteiger partial charge is 0.497 e. The second kappa shape index (κ2) is 9.96. The molecule has 3 rings (SSSR count). The first-order chi connectivity index (χ1) is 14.1. The summed E-state index contributed by atoms with van der Waals surface area (Å²) >= 11 is 0. The van der Waals surface area contributed by atoms with Gasteiger partial charge in [-0.15, -0.1) is 0 Å². The molecule has 2 aromatic carbocycles. The smallest absolute Gasteiger partial charge is 0.223 e. The van der Waals surface area contributed by atoms with Gasteiger partial charge in [-0.3, -0.25) is 9.59 Å². The van der Waals surface area contributed by atoms with Crippen LogP contribution in [0.25, 0.3) is 0 Å². The normalized spacial score (nSPS) is 14.3. The van der Waals surface area contributed by atoms with Crippen molar-refractivity contribution in [3.05, 3.63) is 53.6 Å². The molecule has 0 radical (unpaired) electrons. The first-order valence-electron chi connectivity index (χ1n) is 9.93. The van der Waals surface area contributed by atoms with Crippen LogP contribution >= 0.6 is 0 Å². The Bertz CT molecular complexity index is 805. The number of amides is 1. The van der Waals surface area contributed by atoms with E-state index in [1.165, 1.54) is 0 Å².